The van der Waals surface area contributed by atoms with E-state index in [1.807, 2.05) is 0 Å². The number of halogens is 2. The maximum Gasteiger partial charge on any atom is 0.358 e. The molecule has 14 heavy (non-hydrogen) atoms. The molecule has 0 aliphatic heterocycles. The van der Waals surface area contributed by atoms with Gasteiger partial charge in [0.1, 0.15) is 0 Å². The highest BCUT2D eigenvalue weighted by Gasteiger charge is 2.13. The predicted octanol–water partition coefficient (Wildman–Crippen LogP) is 0.852. The van der Waals surface area contributed by atoms with Crippen LogP contribution in [0.1, 0.15) is 10.5 Å². The van der Waals surface area contributed by atoms with Crippen LogP contribution in [0.15, 0.2) is 12.4 Å². The molecule has 0 aromatic carbocycles. The van der Waals surface area contributed by atoms with E-state index < -0.39 is 18.9 Å². The number of rotatable bonds is 4. The second-order valence-electron chi connectivity index (χ2n) is 2.33. The predicted molar refractivity (Wildman–Crippen MR) is 43.5 cm³/mol. The van der Waals surface area contributed by atoms with Gasteiger partial charge in [-0.3, -0.25) is 0 Å². The third-order valence-corrected chi connectivity index (χ3v) is 1.32. The number of nitrogens with one attached hydrogen (secondary N) is 1. The van der Waals surface area contributed by atoms with Gasteiger partial charge in [0.2, 0.25) is 0 Å². The first-order chi connectivity index (χ1) is 6.61. The molecule has 0 bridgehead atoms. The van der Waals surface area contributed by atoms with Gasteiger partial charge in [0.05, 0.1) is 6.54 Å². The average Bonchev–Trinajstić information content (AvgIpc) is 2.15. The summed E-state index contributed by atoms with van der Waals surface area (Å²) in [5, 5.41) is 10.8. The number of carboxylic acid groups (broad SMARTS) is 1. The van der Waals surface area contributed by atoms with E-state index in [9.17, 15) is 13.6 Å². The van der Waals surface area contributed by atoms with Crippen LogP contribution >= 0.6 is 0 Å². The molecule has 0 spiro atoms. The Labute approximate surface area is 77.8 Å². The van der Waals surface area contributed by atoms with Crippen molar-refractivity contribution in [2.24, 2.45) is 0 Å². The molecule has 2 N–H and O–H groups in total. The van der Waals surface area contributed by atoms with Crippen LogP contribution in [0.4, 0.5) is 14.6 Å². The van der Waals surface area contributed by atoms with Gasteiger partial charge in [-0.15, -0.1) is 0 Å². The van der Waals surface area contributed by atoms with Gasteiger partial charge in [0.25, 0.3) is 6.43 Å². The molecular formula is C7H7F2N3O2. The normalized spacial score (nSPS) is 10.2. The summed E-state index contributed by atoms with van der Waals surface area (Å²) in [5.41, 5.74) is -0.367. The Balaban J connectivity index is 2.79. The Morgan fingerprint density at radius 3 is 2.71 bits per heavy atom. The fourth-order valence-corrected chi connectivity index (χ4v) is 0.798. The lowest BCUT2D eigenvalue weighted by molar-refractivity contribution is 0.0690. The fourth-order valence-electron chi connectivity index (χ4n) is 0.798. The smallest absolute Gasteiger partial charge is 0.358 e. The molecule has 0 aliphatic rings. The van der Waals surface area contributed by atoms with Crippen molar-refractivity contribution in [1.29, 1.82) is 0 Å². The van der Waals surface area contributed by atoms with Crippen LogP contribution in [-0.4, -0.2) is 34.0 Å². The summed E-state index contributed by atoms with van der Waals surface area (Å²) >= 11 is 0. The zero-order valence-corrected chi connectivity index (χ0v) is 6.94. The molecular weight excluding hydrogens is 196 g/mol. The number of carboxylic acids is 1. The zero-order chi connectivity index (χ0) is 10.6. The summed E-state index contributed by atoms with van der Waals surface area (Å²) in [5.74, 6) is -1.46. The van der Waals surface area contributed by atoms with E-state index in [0.29, 0.717) is 0 Å². The molecule has 76 valence electrons. The molecule has 0 aliphatic carbocycles. The third kappa shape index (κ3) is 2.61. The largest absolute Gasteiger partial charge is 0.476 e. The molecule has 0 fully saturated rings. The highest BCUT2D eigenvalue weighted by molar-refractivity contribution is 5.90. The van der Waals surface area contributed by atoms with Crippen molar-refractivity contribution in [1.82, 2.24) is 9.97 Å². The Kier molecular flexibility index (Phi) is 3.27. The molecule has 5 nitrogen and oxygen atoms in total. The summed E-state index contributed by atoms with van der Waals surface area (Å²) < 4.78 is 23.6. The molecule has 1 aromatic rings. The second-order valence-corrected chi connectivity index (χ2v) is 2.33. The van der Waals surface area contributed by atoms with Gasteiger partial charge in [-0.2, -0.15) is 0 Å². The van der Waals surface area contributed by atoms with Gasteiger partial charge < -0.3 is 10.4 Å². The van der Waals surface area contributed by atoms with Gasteiger partial charge >= 0.3 is 5.97 Å². The molecule has 1 heterocycles. The molecule has 0 radical (unpaired) electrons. The summed E-state index contributed by atoms with van der Waals surface area (Å²) in [6, 6.07) is 0. The molecule has 0 atom stereocenters. The highest BCUT2D eigenvalue weighted by Crippen LogP contribution is 2.08. The molecule has 0 saturated heterocycles. The van der Waals surface area contributed by atoms with Crippen molar-refractivity contribution < 1.29 is 18.7 Å². The number of aromatic carboxylic acids is 1. The van der Waals surface area contributed by atoms with Gasteiger partial charge in [-0.1, -0.05) is 0 Å². The number of alkyl halides is 2. The van der Waals surface area contributed by atoms with Crippen LogP contribution in [0.5, 0.6) is 0 Å². The molecule has 0 amide bonds. The van der Waals surface area contributed by atoms with E-state index in [2.05, 4.69) is 15.3 Å². The monoisotopic (exact) mass is 203 g/mol. The first-order valence-corrected chi connectivity index (χ1v) is 3.67. The van der Waals surface area contributed by atoms with Crippen molar-refractivity contribution in [2.45, 2.75) is 6.43 Å². The summed E-state index contributed by atoms with van der Waals surface area (Å²) in [6.45, 7) is -0.654. The minimum absolute atomic E-state index is 0.152. The Bertz CT molecular complexity index is 332. The van der Waals surface area contributed by atoms with Crippen molar-refractivity contribution in [3.8, 4) is 0 Å². The summed E-state index contributed by atoms with van der Waals surface area (Å²) in [4.78, 5) is 17.6. The molecule has 0 unspecified atom stereocenters. The van der Waals surface area contributed by atoms with Crippen molar-refractivity contribution in [2.75, 3.05) is 11.9 Å². The van der Waals surface area contributed by atoms with Crippen LogP contribution in [0.2, 0.25) is 0 Å². The lowest BCUT2D eigenvalue weighted by atomic mass is 10.4. The zero-order valence-electron chi connectivity index (χ0n) is 6.94. The summed E-state index contributed by atoms with van der Waals surface area (Å²) in [7, 11) is 0. The Morgan fingerprint density at radius 1 is 1.50 bits per heavy atom. The Morgan fingerprint density at radius 2 is 2.14 bits per heavy atom. The topological polar surface area (TPSA) is 75.1 Å². The molecule has 1 rings (SSSR count). The van der Waals surface area contributed by atoms with Gasteiger partial charge in [-0.25, -0.2) is 23.5 Å². The first-order valence-electron chi connectivity index (χ1n) is 3.67. The standard InChI is InChI=1S/C7H7F2N3O2/c8-4(9)3-12-6-5(7(13)14)10-1-2-11-6/h1-2,4H,3H2,(H,11,12)(H,13,14). The molecule has 7 heteroatoms. The van der Waals surface area contributed by atoms with Crippen molar-refractivity contribution >= 4 is 11.8 Å². The van der Waals surface area contributed by atoms with Gasteiger partial charge in [0.15, 0.2) is 11.5 Å². The first kappa shape index (κ1) is 10.3. The summed E-state index contributed by atoms with van der Waals surface area (Å²) in [6.07, 6.45) is -0.171. The van der Waals surface area contributed by atoms with E-state index in [4.69, 9.17) is 5.11 Å². The maximum absolute atomic E-state index is 11.8. The van der Waals surface area contributed by atoms with Crippen LogP contribution in [0.25, 0.3) is 0 Å². The minimum atomic E-state index is -2.57. The number of carbonyl (C=O) groups is 1. The number of aromatic nitrogens is 2. The van der Waals surface area contributed by atoms with Gasteiger partial charge in [-0.05, 0) is 0 Å². The SMILES string of the molecule is O=C(O)c1nccnc1NCC(F)F. The van der Waals surface area contributed by atoms with Crippen LogP contribution < -0.4 is 5.32 Å². The quantitative estimate of drug-likeness (QED) is 0.758. The van der Waals surface area contributed by atoms with Crippen LogP contribution in [0.3, 0.4) is 0 Å². The number of hydrogen-bond acceptors (Lipinski definition) is 4. The van der Waals surface area contributed by atoms with E-state index in [1.54, 1.807) is 0 Å². The van der Waals surface area contributed by atoms with Crippen LogP contribution in [0, 0.1) is 0 Å². The lowest BCUT2D eigenvalue weighted by Gasteiger charge is -2.05. The van der Waals surface area contributed by atoms with Crippen molar-refractivity contribution in [3.05, 3.63) is 18.1 Å². The number of hydrogen-bond donors (Lipinski definition) is 2. The van der Waals surface area contributed by atoms with Crippen LogP contribution in [-0.2, 0) is 0 Å². The maximum atomic E-state index is 11.8. The highest BCUT2D eigenvalue weighted by atomic mass is 19.3. The van der Waals surface area contributed by atoms with E-state index in [1.165, 1.54) is 12.4 Å². The number of nitrogens with zero attached hydrogens (tertiary/aromatic N) is 2. The second kappa shape index (κ2) is 4.45. The molecule has 1 aromatic heterocycles. The number of anilines is 1. The van der Waals surface area contributed by atoms with E-state index >= 15 is 0 Å². The fraction of sp³-hybridized carbons (Fsp3) is 0.286. The van der Waals surface area contributed by atoms with E-state index in [0.717, 1.165) is 0 Å². The lowest BCUT2D eigenvalue weighted by Crippen LogP contribution is -2.15. The van der Waals surface area contributed by atoms with E-state index in [-0.39, 0.29) is 11.5 Å². The third-order valence-electron chi connectivity index (χ3n) is 1.32. The van der Waals surface area contributed by atoms with Gasteiger partial charge in [0, 0.05) is 12.4 Å². The average molecular weight is 203 g/mol. The minimum Gasteiger partial charge on any atom is -0.476 e. The molecule has 0 saturated carbocycles. The van der Waals surface area contributed by atoms with Crippen molar-refractivity contribution in [3.63, 3.8) is 0 Å². The Hall–Kier alpha value is -1.79.